The van der Waals surface area contributed by atoms with Crippen molar-refractivity contribution in [1.29, 1.82) is 0 Å². The van der Waals surface area contributed by atoms with Gasteiger partial charge in [-0.15, -0.1) is 0 Å². The van der Waals surface area contributed by atoms with Crippen LogP contribution in [-0.4, -0.2) is 99.9 Å². The third-order valence-electron chi connectivity index (χ3n) is 0. The van der Waals surface area contributed by atoms with Crippen LogP contribution in [0.15, 0.2) is 0 Å². The standard InChI is InChI=1S/Al.Ba.H4O4Si.H2O.5H/c;;1-5(2,3)4;;;;;;/h;;1-4H;1H2;;;;;. The average Bonchev–Trinajstić information content (AvgIpc) is 0.722. The van der Waals surface area contributed by atoms with Crippen LogP contribution in [0, 0.1) is 0 Å². The first-order valence-electron chi connectivity index (χ1n) is 0.894. The van der Waals surface area contributed by atoms with Crippen molar-refractivity contribution in [3.63, 3.8) is 0 Å². The molecule has 0 fully saturated rings. The van der Waals surface area contributed by atoms with Crippen LogP contribution in [0.5, 0.6) is 0 Å². The minimum absolute atomic E-state index is 0. The van der Waals surface area contributed by atoms with Crippen molar-refractivity contribution in [2.75, 3.05) is 0 Å². The molecule has 6 N–H and O–H groups in total. The monoisotopic (exact) mass is 284 g/mol. The number of rotatable bonds is 0. The zero-order valence-corrected chi connectivity index (χ0v) is 3.79. The van der Waals surface area contributed by atoms with Crippen molar-refractivity contribution in [2.45, 2.75) is 0 Å². The van der Waals surface area contributed by atoms with E-state index in [4.69, 9.17) is 19.2 Å². The molecule has 8 heavy (non-hydrogen) atoms. The number of hydrogen-bond donors (Lipinski definition) is 4. The molecular formula is H11AlBaO5Si. The normalized spacial score (nSPS) is 7.50. The quantitative estimate of drug-likeness (QED) is 0.332. The van der Waals surface area contributed by atoms with Gasteiger partial charge in [0.1, 0.15) is 0 Å². The van der Waals surface area contributed by atoms with Gasteiger partial charge in [0.25, 0.3) is 0 Å². The Morgan fingerprint density at radius 2 is 0.875 bits per heavy atom. The topological polar surface area (TPSA) is 112 Å². The van der Waals surface area contributed by atoms with Gasteiger partial charge in [-0.05, 0) is 0 Å². The summed E-state index contributed by atoms with van der Waals surface area (Å²) in [7, 11) is -4.61. The Bertz CT molecular complexity index is 27.9. The molecule has 0 saturated carbocycles. The Hall–Kier alpha value is 2.12. The summed E-state index contributed by atoms with van der Waals surface area (Å²) in [5.74, 6) is 0. The molecule has 0 aromatic rings. The van der Waals surface area contributed by atoms with Crippen LogP contribution in [0.2, 0.25) is 0 Å². The molecule has 0 saturated heterocycles. The van der Waals surface area contributed by atoms with E-state index in [0.29, 0.717) is 0 Å². The Balaban J connectivity index is -0.0000000267. The van der Waals surface area contributed by atoms with E-state index in [2.05, 4.69) is 0 Å². The van der Waals surface area contributed by atoms with Crippen LogP contribution in [-0.2, 0) is 0 Å². The van der Waals surface area contributed by atoms with Gasteiger partial charge < -0.3 is 24.7 Å². The molecule has 0 atom stereocenters. The summed E-state index contributed by atoms with van der Waals surface area (Å²) in [4.78, 5) is 29.3. The second-order valence-corrected chi connectivity index (χ2v) is 1.80. The first kappa shape index (κ1) is 22.5. The second-order valence-electron chi connectivity index (χ2n) is 0.600. The molecule has 0 amide bonds. The Morgan fingerprint density at radius 1 is 0.875 bits per heavy atom. The minimum atomic E-state index is -4.61. The molecule has 0 rings (SSSR count). The Kier molecular flexibility index (Phi) is 25.6. The van der Waals surface area contributed by atoms with Crippen molar-refractivity contribution >= 4 is 75.3 Å². The molecule has 0 aliphatic rings. The van der Waals surface area contributed by atoms with E-state index in [0.717, 1.165) is 0 Å². The molecular weight excluding hydrogens is 272 g/mol. The summed E-state index contributed by atoms with van der Waals surface area (Å²) in [6.07, 6.45) is 0. The van der Waals surface area contributed by atoms with Crippen LogP contribution in [0.4, 0.5) is 0 Å². The van der Waals surface area contributed by atoms with E-state index in [9.17, 15) is 0 Å². The summed E-state index contributed by atoms with van der Waals surface area (Å²) in [6.45, 7) is 0. The molecule has 0 aliphatic heterocycles. The average molecular weight is 283 g/mol. The molecule has 0 heterocycles. The van der Waals surface area contributed by atoms with Gasteiger partial charge in [-0.3, -0.25) is 0 Å². The fourth-order valence-corrected chi connectivity index (χ4v) is 0. The molecule has 0 aliphatic carbocycles. The van der Waals surface area contributed by atoms with Crippen molar-refractivity contribution in [3.8, 4) is 0 Å². The number of hydrogen-bond acceptors (Lipinski definition) is 4. The molecule has 8 heteroatoms. The SMILES string of the molecule is O.O[Si](O)(O)O.[AlH3].[BaH2]. The molecule has 50 valence electrons. The molecule has 5 nitrogen and oxygen atoms in total. The van der Waals surface area contributed by atoms with Gasteiger partial charge in [0.2, 0.25) is 0 Å². The third-order valence-corrected chi connectivity index (χ3v) is 0. The van der Waals surface area contributed by atoms with Crippen molar-refractivity contribution < 1.29 is 24.7 Å². The fraction of sp³-hybridized carbons (Fsp3) is 0. The van der Waals surface area contributed by atoms with Crippen LogP contribution >= 0.6 is 0 Å². The zero-order valence-electron chi connectivity index (χ0n) is 2.79. The second kappa shape index (κ2) is 9.12. The van der Waals surface area contributed by atoms with Gasteiger partial charge >= 0.3 is 57.9 Å². The molecule has 0 unspecified atom stereocenters. The van der Waals surface area contributed by atoms with Crippen molar-refractivity contribution in [3.05, 3.63) is 0 Å². The van der Waals surface area contributed by atoms with Gasteiger partial charge in [0.15, 0.2) is 17.4 Å². The van der Waals surface area contributed by atoms with Crippen LogP contribution in [0.25, 0.3) is 0 Å². The molecule has 0 bridgehead atoms. The summed E-state index contributed by atoms with van der Waals surface area (Å²) in [5, 5.41) is 0. The van der Waals surface area contributed by atoms with Crippen LogP contribution in [0.1, 0.15) is 0 Å². The molecule has 0 aromatic carbocycles. The maximum absolute atomic E-state index is 7.33. The summed E-state index contributed by atoms with van der Waals surface area (Å²) in [5.41, 5.74) is 0. The molecule has 0 radical (unpaired) electrons. The summed E-state index contributed by atoms with van der Waals surface area (Å²) >= 11 is 0. The molecule has 0 spiro atoms. The Labute approximate surface area is 98.4 Å². The van der Waals surface area contributed by atoms with E-state index >= 15 is 0 Å². The third kappa shape index (κ3) is 91.6. The predicted octanol–water partition coefficient (Wildman–Crippen LogP) is -5.53. The van der Waals surface area contributed by atoms with E-state index in [1.54, 1.807) is 0 Å². The first-order valence-corrected chi connectivity index (χ1v) is 2.68. The predicted molar refractivity (Wildman–Crippen MR) is 36.7 cm³/mol. The van der Waals surface area contributed by atoms with E-state index in [1.165, 1.54) is 0 Å². The Morgan fingerprint density at radius 3 is 0.875 bits per heavy atom. The zero-order chi connectivity index (χ0) is 4.50. The first-order chi connectivity index (χ1) is 2.00. The molecule has 0 aromatic heterocycles. The van der Waals surface area contributed by atoms with E-state index in [-0.39, 0.29) is 71.7 Å². The van der Waals surface area contributed by atoms with Gasteiger partial charge in [0.05, 0.1) is 0 Å². The van der Waals surface area contributed by atoms with Crippen LogP contribution < -0.4 is 0 Å². The van der Waals surface area contributed by atoms with Crippen LogP contribution in [0.3, 0.4) is 0 Å². The van der Waals surface area contributed by atoms with Gasteiger partial charge in [-0.1, -0.05) is 0 Å². The van der Waals surface area contributed by atoms with Gasteiger partial charge in [-0.25, -0.2) is 0 Å². The van der Waals surface area contributed by atoms with Crippen molar-refractivity contribution in [2.24, 2.45) is 0 Å². The maximum atomic E-state index is 7.33. The van der Waals surface area contributed by atoms with E-state index < -0.39 is 9.05 Å². The van der Waals surface area contributed by atoms with Gasteiger partial charge in [0, 0.05) is 0 Å². The van der Waals surface area contributed by atoms with E-state index in [1.807, 2.05) is 0 Å². The summed E-state index contributed by atoms with van der Waals surface area (Å²) in [6, 6.07) is 0. The fourth-order valence-electron chi connectivity index (χ4n) is 0. The summed E-state index contributed by atoms with van der Waals surface area (Å²) < 4.78 is 0. The van der Waals surface area contributed by atoms with Gasteiger partial charge in [-0.2, -0.15) is 0 Å². The van der Waals surface area contributed by atoms with Crippen molar-refractivity contribution in [1.82, 2.24) is 0 Å².